The van der Waals surface area contributed by atoms with Crippen molar-refractivity contribution in [1.29, 1.82) is 0 Å². The quantitative estimate of drug-likeness (QED) is 0.920. The summed E-state index contributed by atoms with van der Waals surface area (Å²) in [5.41, 5.74) is 1.42. The van der Waals surface area contributed by atoms with Gasteiger partial charge in [-0.1, -0.05) is 6.07 Å². The fourth-order valence-electron chi connectivity index (χ4n) is 3.19. The van der Waals surface area contributed by atoms with Crippen molar-refractivity contribution in [3.05, 3.63) is 53.3 Å². The van der Waals surface area contributed by atoms with E-state index in [2.05, 4.69) is 4.98 Å². The van der Waals surface area contributed by atoms with Crippen LogP contribution in [0, 0.1) is 5.92 Å². The molecule has 1 fully saturated rings. The molecule has 2 aliphatic rings. The zero-order valence-corrected chi connectivity index (χ0v) is 11.9. The van der Waals surface area contributed by atoms with Crippen LogP contribution in [0.15, 0.2) is 36.5 Å². The highest BCUT2D eigenvalue weighted by Gasteiger charge is 2.50. The molecule has 1 saturated carbocycles. The summed E-state index contributed by atoms with van der Waals surface area (Å²) in [5.74, 6) is 1.65. The van der Waals surface area contributed by atoms with Crippen LogP contribution < -0.4 is 9.47 Å². The molecule has 1 aliphatic carbocycles. The molecule has 1 N–H and O–H groups in total. The maximum atomic E-state index is 11.5. The number of hydrogen-bond acceptors (Lipinski definition) is 4. The van der Waals surface area contributed by atoms with Crippen LogP contribution >= 0.6 is 0 Å². The van der Waals surface area contributed by atoms with Crippen LogP contribution in [0.4, 0.5) is 0 Å². The predicted octanol–water partition coefficient (Wildman–Crippen LogP) is 2.63. The van der Waals surface area contributed by atoms with Gasteiger partial charge in [0.2, 0.25) is 0 Å². The van der Waals surface area contributed by atoms with Gasteiger partial charge >= 0.3 is 0 Å². The Kier molecular flexibility index (Phi) is 2.69. The zero-order valence-electron chi connectivity index (χ0n) is 11.9. The van der Waals surface area contributed by atoms with Crippen LogP contribution in [0.3, 0.4) is 0 Å². The Morgan fingerprint density at radius 2 is 2.14 bits per heavy atom. The molecule has 4 rings (SSSR count). The molecule has 1 unspecified atom stereocenters. The predicted molar refractivity (Wildman–Crippen MR) is 77.3 cm³/mol. The van der Waals surface area contributed by atoms with Gasteiger partial charge in [0.05, 0.1) is 12.8 Å². The van der Waals surface area contributed by atoms with Crippen LogP contribution in [0.1, 0.15) is 29.7 Å². The van der Waals surface area contributed by atoms with Crippen LogP contribution in [-0.2, 0) is 12.2 Å². The van der Waals surface area contributed by atoms with Gasteiger partial charge in [0, 0.05) is 17.3 Å². The summed E-state index contributed by atoms with van der Waals surface area (Å²) in [6.45, 7) is 0.379. The summed E-state index contributed by atoms with van der Waals surface area (Å²) in [4.78, 5) is 4.39. The van der Waals surface area contributed by atoms with E-state index in [0.717, 1.165) is 35.4 Å². The van der Waals surface area contributed by atoms with Crippen molar-refractivity contribution in [3.63, 3.8) is 0 Å². The van der Waals surface area contributed by atoms with Crippen molar-refractivity contribution in [2.45, 2.75) is 25.0 Å². The molecule has 4 nitrogen and oxygen atoms in total. The Balaban J connectivity index is 1.98. The Labute approximate surface area is 123 Å². The van der Waals surface area contributed by atoms with Gasteiger partial charge < -0.3 is 14.6 Å². The lowest BCUT2D eigenvalue weighted by Gasteiger charge is -2.29. The van der Waals surface area contributed by atoms with Gasteiger partial charge in [-0.15, -0.1) is 0 Å². The second-order valence-electron chi connectivity index (χ2n) is 5.69. The number of fused-ring (bicyclic) bond motifs is 2. The summed E-state index contributed by atoms with van der Waals surface area (Å²) < 4.78 is 11.2. The number of ether oxygens (including phenoxy) is 2. The van der Waals surface area contributed by atoms with E-state index in [0.29, 0.717) is 12.4 Å². The summed E-state index contributed by atoms with van der Waals surface area (Å²) in [7, 11) is 1.63. The Morgan fingerprint density at radius 1 is 1.29 bits per heavy atom. The van der Waals surface area contributed by atoms with Crippen molar-refractivity contribution in [2.24, 2.45) is 5.92 Å². The van der Waals surface area contributed by atoms with E-state index in [1.54, 1.807) is 13.3 Å². The van der Waals surface area contributed by atoms with Gasteiger partial charge in [0.1, 0.15) is 23.7 Å². The zero-order chi connectivity index (χ0) is 14.4. The minimum Gasteiger partial charge on any atom is -0.497 e. The van der Waals surface area contributed by atoms with Crippen LogP contribution in [0.5, 0.6) is 11.5 Å². The standard InChI is InChI=1S/C17H17NO3/c1-20-12-6-7-16-14(9-12)17(19,11-4-5-11)13-3-2-8-18-15(13)10-21-16/h2-3,6-9,11,19H,4-5,10H2,1H3. The highest BCUT2D eigenvalue weighted by Crippen LogP contribution is 2.54. The number of methoxy groups -OCH3 is 1. The van der Waals surface area contributed by atoms with Crippen molar-refractivity contribution in [3.8, 4) is 11.5 Å². The topological polar surface area (TPSA) is 51.6 Å². The minimum absolute atomic E-state index is 0.216. The third-order valence-electron chi connectivity index (χ3n) is 4.43. The van der Waals surface area contributed by atoms with Gasteiger partial charge in [-0.25, -0.2) is 0 Å². The first kappa shape index (κ1) is 12.7. The fraction of sp³-hybridized carbons (Fsp3) is 0.353. The largest absolute Gasteiger partial charge is 0.497 e. The van der Waals surface area contributed by atoms with Gasteiger partial charge in [-0.3, -0.25) is 4.98 Å². The molecule has 0 radical (unpaired) electrons. The smallest absolute Gasteiger partial charge is 0.131 e. The SMILES string of the molecule is COc1ccc2c(c1)C(O)(C1CC1)c1cccnc1CO2. The van der Waals surface area contributed by atoms with E-state index < -0.39 is 5.60 Å². The van der Waals surface area contributed by atoms with Crippen molar-refractivity contribution < 1.29 is 14.6 Å². The third kappa shape index (κ3) is 1.83. The van der Waals surface area contributed by atoms with Crippen LogP contribution in [0.25, 0.3) is 0 Å². The Bertz CT molecular complexity index is 696. The molecule has 1 aliphatic heterocycles. The fourth-order valence-corrected chi connectivity index (χ4v) is 3.19. The number of aliphatic hydroxyl groups is 1. The number of benzene rings is 1. The van der Waals surface area contributed by atoms with Crippen molar-refractivity contribution in [2.75, 3.05) is 7.11 Å². The number of nitrogens with zero attached hydrogens (tertiary/aromatic N) is 1. The maximum absolute atomic E-state index is 11.5. The van der Waals surface area contributed by atoms with E-state index in [1.807, 2.05) is 30.3 Å². The molecule has 2 heterocycles. The minimum atomic E-state index is -1.04. The van der Waals surface area contributed by atoms with E-state index in [4.69, 9.17) is 9.47 Å². The second kappa shape index (κ2) is 4.46. The molecule has 0 bridgehead atoms. The molecule has 0 spiro atoms. The number of hydrogen-bond donors (Lipinski definition) is 1. The second-order valence-corrected chi connectivity index (χ2v) is 5.69. The van der Waals surface area contributed by atoms with Gasteiger partial charge in [-0.05, 0) is 43.0 Å². The first-order valence-electron chi connectivity index (χ1n) is 7.21. The van der Waals surface area contributed by atoms with Crippen molar-refractivity contribution >= 4 is 0 Å². The number of aromatic nitrogens is 1. The Hall–Kier alpha value is -2.07. The average molecular weight is 283 g/mol. The average Bonchev–Trinajstić information content (AvgIpc) is 3.37. The summed E-state index contributed by atoms with van der Waals surface area (Å²) >= 11 is 0. The lowest BCUT2D eigenvalue weighted by atomic mass is 9.81. The molecule has 2 aromatic rings. The molecule has 0 saturated heterocycles. The molecule has 21 heavy (non-hydrogen) atoms. The summed E-state index contributed by atoms with van der Waals surface area (Å²) in [6.07, 6.45) is 3.77. The highest BCUT2D eigenvalue weighted by molar-refractivity contribution is 5.52. The molecular weight excluding hydrogens is 266 g/mol. The van der Waals surface area contributed by atoms with E-state index in [-0.39, 0.29) is 5.92 Å². The number of pyridine rings is 1. The highest BCUT2D eigenvalue weighted by atomic mass is 16.5. The van der Waals surface area contributed by atoms with Crippen LogP contribution in [0.2, 0.25) is 0 Å². The summed E-state index contributed by atoms with van der Waals surface area (Å²) in [6, 6.07) is 9.44. The lowest BCUT2D eigenvalue weighted by Crippen LogP contribution is -2.30. The molecule has 1 aromatic carbocycles. The molecule has 1 aromatic heterocycles. The first-order chi connectivity index (χ1) is 10.2. The first-order valence-corrected chi connectivity index (χ1v) is 7.21. The maximum Gasteiger partial charge on any atom is 0.131 e. The van der Waals surface area contributed by atoms with E-state index in [1.165, 1.54) is 0 Å². The Morgan fingerprint density at radius 3 is 2.90 bits per heavy atom. The van der Waals surface area contributed by atoms with Gasteiger partial charge in [0.25, 0.3) is 0 Å². The van der Waals surface area contributed by atoms with Crippen LogP contribution in [-0.4, -0.2) is 17.2 Å². The molecule has 108 valence electrons. The third-order valence-corrected chi connectivity index (χ3v) is 4.43. The summed E-state index contributed by atoms with van der Waals surface area (Å²) in [5, 5.41) is 11.5. The number of rotatable bonds is 2. The normalized spacial score (nSPS) is 23.5. The van der Waals surface area contributed by atoms with Crippen molar-refractivity contribution in [1.82, 2.24) is 4.98 Å². The molecule has 0 amide bonds. The lowest BCUT2D eigenvalue weighted by molar-refractivity contribution is 0.0552. The van der Waals surface area contributed by atoms with E-state index >= 15 is 0 Å². The molecule has 1 atom stereocenters. The molecular formula is C17H17NO3. The molecule has 4 heteroatoms. The van der Waals surface area contributed by atoms with E-state index in [9.17, 15) is 5.11 Å². The van der Waals surface area contributed by atoms with Gasteiger partial charge in [0.15, 0.2) is 0 Å². The van der Waals surface area contributed by atoms with Gasteiger partial charge in [-0.2, -0.15) is 0 Å². The monoisotopic (exact) mass is 283 g/mol.